The zero-order valence-corrected chi connectivity index (χ0v) is 13.4. The number of aliphatic carboxylic acids is 1. The number of carbonyl (C=O) groups excluding carboxylic acids is 1. The predicted molar refractivity (Wildman–Crippen MR) is 89.2 cm³/mol. The van der Waals surface area contributed by atoms with Crippen LogP contribution in [0.15, 0.2) is 42.5 Å². The van der Waals surface area contributed by atoms with Crippen molar-refractivity contribution in [3.8, 4) is 0 Å². The largest absolute Gasteiger partial charge is 0.481 e. The lowest BCUT2D eigenvalue weighted by Gasteiger charge is -2.19. The van der Waals surface area contributed by atoms with E-state index in [2.05, 4.69) is 30.3 Å². The van der Waals surface area contributed by atoms with Crippen LogP contribution in [0.4, 0.5) is 0 Å². The van der Waals surface area contributed by atoms with Crippen LogP contribution < -0.4 is 0 Å². The fraction of sp³-hybridized carbons (Fsp3) is 0.368. The molecule has 120 valence electrons. The minimum atomic E-state index is -0.869. The van der Waals surface area contributed by atoms with Crippen LogP contribution in [-0.4, -0.2) is 35.5 Å². The summed E-state index contributed by atoms with van der Waals surface area (Å²) < 4.78 is 0. The molecular weight excluding hydrogens is 290 g/mol. The van der Waals surface area contributed by atoms with E-state index < -0.39 is 11.9 Å². The molecule has 3 rings (SSSR count). The number of benzene rings is 2. The first-order valence-corrected chi connectivity index (χ1v) is 7.94. The summed E-state index contributed by atoms with van der Waals surface area (Å²) in [6, 6.07) is 14.6. The number of carboxylic acid groups (broad SMARTS) is 1. The minimum absolute atomic E-state index is 0.0119. The normalized spacial score (nSPS) is 21.0. The van der Waals surface area contributed by atoms with Crippen molar-refractivity contribution in [3.05, 3.63) is 48.0 Å². The van der Waals surface area contributed by atoms with Gasteiger partial charge in [-0.15, -0.1) is 0 Å². The molecule has 1 aliphatic rings. The molecule has 3 unspecified atom stereocenters. The number of hydrogen-bond donors (Lipinski definition) is 1. The summed E-state index contributed by atoms with van der Waals surface area (Å²) in [4.78, 5) is 24.9. The SMILES string of the molecule is CC(CN(C)C(=O)C1CC1c1ccc2ccccc2c1)C(=O)O. The van der Waals surface area contributed by atoms with Crippen molar-refractivity contribution >= 4 is 22.6 Å². The summed E-state index contributed by atoms with van der Waals surface area (Å²) in [7, 11) is 1.69. The first-order valence-electron chi connectivity index (χ1n) is 7.94. The zero-order chi connectivity index (χ0) is 16.6. The first-order chi connectivity index (χ1) is 11.0. The van der Waals surface area contributed by atoms with Crippen molar-refractivity contribution in [3.63, 3.8) is 0 Å². The van der Waals surface area contributed by atoms with E-state index in [4.69, 9.17) is 5.11 Å². The molecule has 1 saturated carbocycles. The van der Waals surface area contributed by atoms with Crippen LogP contribution in [0.2, 0.25) is 0 Å². The van der Waals surface area contributed by atoms with Gasteiger partial charge in [0, 0.05) is 19.5 Å². The van der Waals surface area contributed by atoms with Crippen LogP contribution >= 0.6 is 0 Å². The van der Waals surface area contributed by atoms with E-state index in [0.29, 0.717) is 0 Å². The van der Waals surface area contributed by atoms with Crippen molar-refractivity contribution in [2.75, 3.05) is 13.6 Å². The van der Waals surface area contributed by atoms with E-state index >= 15 is 0 Å². The van der Waals surface area contributed by atoms with Gasteiger partial charge in [-0.05, 0) is 28.7 Å². The highest BCUT2D eigenvalue weighted by Crippen LogP contribution is 2.48. The van der Waals surface area contributed by atoms with Crippen LogP contribution in [0.1, 0.15) is 24.8 Å². The Morgan fingerprint density at radius 2 is 1.91 bits per heavy atom. The fourth-order valence-electron chi connectivity index (χ4n) is 3.14. The molecule has 1 aliphatic carbocycles. The van der Waals surface area contributed by atoms with E-state index in [0.717, 1.165) is 6.42 Å². The van der Waals surface area contributed by atoms with Crippen molar-refractivity contribution in [1.82, 2.24) is 4.90 Å². The lowest BCUT2D eigenvalue weighted by molar-refractivity contribution is -0.142. The lowest BCUT2D eigenvalue weighted by atomic mass is 10.0. The molecule has 2 aromatic carbocycles. The van der Waals surface area contributed by atoms with Crippen LogP contribution in [-0.2, 0) is 9.59 Å². The summed E-state index contributed by atoms with van der Waals surface area (Å²) in [5, 5.41) is 11.4. The van der Waals surface area contributed by atoms with Gasteiger partial charge in [0.2, 0.25) is 5.91 Å². The molecule has 4 heteroatoms. The van der Waals surface area contributed by atoms with Gasteiger partial charge in [-0.2, -0.15) is 0 Å². The van der Waals surface area contributed by atoms with Gasteiger partial charge in [-0.1, -0.05) is 49.4 Å². The van der Waals surface area contributed by atoms with Crippen molar-refractivity contribution in [2.24, 2.45) is 11.8 Å². The van der Waals surface area contributed by atoms with Gasteiger partial charge in [-0.25, -0.2) is 0 Å². The second kappa shape index (κ2) is 6.03. The van der Waals surface area contributed by atoms with Gasteiger partial charge in [-0.3, -0.25) is 9.59 Å². The second-order valence-corrected chi connectivity index (χ2v) is 6.51. The molecule has 0 aromatic heterocycles. The number of carboxylic acids is 1. The topological polar surface area (TPSA) is 57.6 Å². The van der Waals surface area contributed by atoms with Gasteiger partial charge in [0.1, 0.15) is 0 Å². The van der Waals surface area contributed by atoms with Gasteiger partial charge in [0.05, 0.1) is 5.92 Å². The minimum Gasteiger partial charge on any atom is -0.481 e. The van der Waals surface area contributed by atoms with Gasteiger partial charge < -0.3 is 10.0 Å². The molecule has 23 heavy (non-hydrogen) atoms. The van der Waals surface area contributed by atoms with Crippen molar-refractivity contribution in [1.29, 1.82) is 0 Å². The summed E-state index contributed by atoms with van der Waals surface area (Å²) >= 11 is 0. The molecule has 2 aromatic rings. The van der Waals surface area contributed by atoms with Gasteiger partial charge in [0.25, 0.3) is 0 Å². The third-order valence-corrected chi connectivity index (χ3v) is 4.65. The van der Waals surface area contributed by atoms with Gasteiger partial charge >= 0.3 is 5.97 Å². The summed E-state index contributed by atoms with van der Waals surface area (Å²) in [6.45, 7) is 1.88. The van der Waals surface area contributed by atoms with Crippen molar-refractivity contribution in [2.45, 2.75) is 19.3 Å². The van der Waals surface area contributed by atoms with Crippen LogP contribution in [0, 0.1) is 11.8 Å². The third kappa shape index (κ3) is 3.21. The molecule has 0 aliphatic heterocycles. The number of fused-ring (bicyclic) bond motifs is 1. The number of carbonyl (C=O) groups is 2. The van der Waals surface area contributed by atoms with E-state index in [9.17, 15) is 9.59 Å². The Kier molecular flexibility index (Phi) is 4.07. The molecule has 0 radical (unpaired) electrons. The van der Waals surface area contributed by atoms with Crippen molar-refractivity contribution < 1.29 is 14.7 Å². The standard InChI is InChI=1S/C19H21NO3/c1-12(19(22)23)11-20(2)18(21)17-10-16(17)15-8-7-13-5-3-4-6-14(13)9-15/h3-9,12,16-17H,10-11H2,1-2H3,(H,22,23). The molecule has 1 fully saturated rings. The summed E-state index contributed by atoms with van der Waals surface area (Å²) in [5.41, 5.74) is 1.20. The molecule has 1 amide bonds. The molecule has 0 spiro atoms. The van der Waals surface area contributed by atoms with E-state index in [1.807, 2.05) is 12.1 Å². The highest BCUT2D eigenvalue weighted by Gasteiger charge is 2.45. The quantitative estimate of drug-likeness (QED) is 0.923. The Morgan fingerprint density at radius 3 is 2.61 bits per heavy atom. The Hall–Kier alpha value is -2.36. The summed E-state index contributed by atoms with van der Waals surface area (Å²) in [6.07, 6.45) is 0.850. The Balaban J connectivity index is 1.68. The van der Waals surface area contributed by atoms with Gasteiger partial charge in [0.15, 0.2) is 0 Å². The number of rotatable bonds is 5. The maximum atomic E-state index is 12.4. The highest BCUT2D eigenvalue weighted by atomic mass is 16.4. The van der Waals surface area contributed by atoms with E-state index in [-0.39, 0.29) is 24.3 Å². The van der Waals surface area contributed by atoms with E-state index in [1.165, 1.54) is 16.3 Å². The molecule has 4 nitrogen and oxygen atoms in total. The number of amides is 1. The summed E-state index contributed by atoms with van der Waals surface area (Å²) in [5.74, 6) is -1.11. The van der Waals surface area contributed by atoms with E-state index in [1.54, 1.807) is 18.9 Å². The van der Waals surface area contributed by atoms with Crippen LogP contribution in [0.5, 0.6) is 0 Å². The Labute approximate surface area is 135 Å². The molecule has 0 bridgehead atoms. The monoisotopic (exact) mass is 311 g/mol. The zero-order valence-electron chi connectivity index (χ0n) is 13.4. The molecular formula is C19H21NO3. The molecule has 0 heterocycles. The second-order valence-electron chi connectivity index (χ2n) is 6.51. The number of hydrogen-bond acceptors (Lipinski definition) is 2. The average molecular weight is 311 g/mol. The average Bonchev–Trinajstić information content (AvgIpc) is 3.34. The smallest absolute Gasteiger partial charge is 0.308 e. The molecule has 1 N–H and O–H groups in total. The Bertz CT molecular complexity index is 755. The predicted octanol–water partition coefficient (Wildman–Crippen LogP) is 3.12. The maximum absolute atomic E-state index is 12.4. The molecule has 0 saturated heterocycles. The highest BCUT2D eigenvalue weighted by molar-refractivity contribution is 5.86. The first kappa shape index (κ1) is 15.5. The Morgan fingerprint density at radius 1 is 1.22 bits per heavy atom. The van der Waals surface area contributed by atoms with Crippen LogP contribution in [0.3, 0.4) is 0 Å². The maximum Gasteiger partial charge on any atom is 0.308 e. The fourth-order valence-corrected chi connectivity index (χ4v) is 3.14. The lowest BCUT2D eigenvalue weighted by Crippen LogP contribution is -2.34. The van der Waals surface area contributed by atoms with Crippen LogP contribution in [0.25, 0.3) is 10.8 Å². The molecule has 3 atom stereocenters. The third-order valence-electron chi connectivity index (χ3n) is 4.65. The number of nitrogens with zero attached hydrogens (tertiary/aromatic N) is 1.